The molecule has 1 aromatic heterocycles. The van der Waals surface area contributed by atoms with E-state index in [0.29, 0.717) is 0 Å². The van der Waals surface area contributed by atoms with Crippen LogP contribution in [-0.4, -0.2) is 17.5 Å². The standard InChI is InChI=1S/C13H15NO2/c1-8-5-10(16-4)6-11-12(9(2)15)7-14(3)13(8)11/h5-7H,1-4H3. The number of hydrogen-bond donors (Lipinski definition) is 0. The lowest BCUT2D eigenvalue weighted by atomic mass is 10.1. The molecule has 1 aromatic carbocycles. The largest absolute Gasteiger partial charge is 0.497 e. The summed E-state index contributed by atoms with van der Waals surface area (Å²) in [7, 11) is 3.59. The predicted octanol–water partition coefficient (Wildman–Crippen LogP) is 2.70. The maximum atomic E-state index is 11.5. The molecule has 0 radical (unpaired) electrons. The predicted molar refractivity (Wildman–Crippen MR) is 64.2 cm³/mol. The maximum Gasteiger partial charge on any atom is 0.161 e. The van der Waals surface area contributed by atoms with Gasteiger partial charge in [0.2, 0.25) is 0 Å². The number of methoxy groups -OCH3 is 1. The Morgan fingerprint density at radius 1 is 1.38 bits per heavy atom. The minimum absolute atomic E-state index is 0.0817. The first-order valence-electron chi connectivity index (χ1n) is 5.19. The first kappa shape index (κ1) is 10.7. The fourth-order valence-electron chi connectivity index (χ4n) is 2.15. The van der Waals surface area contributed by atoms with Crippen molar-refractivity contribution in [2.24, 2.45) is 7.05 Å². The van der Waals surface area contributed by atoms with Crippen LogP contribution < -0.4 is 4.74 Å². The molecule has 3 nitrogen and oxygen atoms in total. The van der Waals surface area contributed by atoms with Crippen LogP contribution >= 0.6 is 0 Å². The highest BCUT2D eigenvalue weighted by Gasteiger charge is 2.13. The van der Waals surface area contributed by atoms with Crippen LogP contribution in [0.4, 0.5) is 0 Å². The summed E-state index contributed by atoms with van der Waals surface area (Å²) in [4.78, 5) is 11.5. The first-order chi connectivity index (χ1) is 7.54. The number of aromatic nitrogens is 1. The topological polar surface area (TPSA) is 31.2 Å². The number of rotatable bonds is 2. The van der Waals surface area contributed by atoms with E-state index in [4.69, 9.17) is 4.74 Å². The molecular weight excluding hydrogens is 202 g/mol. The van der Waals surface area contributed by atoms with Gasteiger partial charge in [0.05, 0.1) is 12.6 Å². The number of aryl methyl sites for hydroxylation is 2. The van der Waals surface area contributed by atoms with Gasteiger partial charge in [-0.15, -0.1) is 0 Å². The molecule has 0 aliphatic heterocycles. The van der Waals surface area contributed by atoms with Crippen molar-refractivity contribution in [2.75, 3.05) is 7.11 Å². The minimum Gasteiger partial charge on any atom is -0.497 e. The van der Waals surface area contributed by atoms with Crippen molar-refractivity contribution in [3.63, 3.8) is 0 Å². The van der Waals surface area contributed by atoms with Gasteiger partial charge in [0.25, 0.3) is 0 Å². The number of carbonyl (C=O) groups is 1. The van der Waals surface area contributed by atoms with Crippen molar-refractivity contribution in [1.82, 2.24) is 4.57 Å². The molecule has 0 aliphatic carbocycles. The van der Waals surface area contributed by atoms with Gasteiger partial charge in [-0.1, -0.05) is 0 Å². The van der Waals surface area contributed by atoms with Gasteiger partial charge in [-0.2, -0.15) is 0 Å². The first-order valence-corrected chi connectivity index (χ1v) is 5.19. The molecule has 2 aromatic rings. The summed E-state index contributed by atoms with van der Waals surface area (Å²) in [5.74, 6) is 0.872. The molecule has 0 aliphatic rings. The van der Waals surface area contributed by atoms with E-state index in [9.17, 15) is 4.79 Å². The van der Waals surface area contributed by atoms with Crippen molar-refractivity contribution in [3.05, 3.63) is 29.5 Å². The molecule has 0 N–H and O–H groups in total. The number of nitrogens with zero attached hydrogens (tertiary/aromatic N) is 1. The zero-order valence-corrected chi connectivity index (χ0v) is 10.00. The average molecular weight is 217 g/mol. The average Bonchev–Trinajstić information content (AvgIpc) is 2.56. The number of ether oxygens (including phenoxy) is 1. The van der Waals surface area contributed by atoms with Gasteiger partial charge in [0.1, 0.15) is 5.75 Å². The molecule has 2 rings (SSSR count). The highest BCUT2D eigenvalue weighted by atomic mass is 16.5. The van der Waals surface area contributed by atoms with Crippen LogP contribution in [0.15, 0.2) is 18.3 Å². The molecular formula is C13H15NO2. The summed E-state index contributed by atoms with van der Waals surface area (Å²) in [5.41, 5.74) is 2.95. The van der Waals surface area contributed by atoms with Gasteiger partial charge >= 0.3 is 0 Å². The molecule has 16 heavy (non-hydrogen) atoms. The number of carbonyl (C=O) groups excluding carboxylic acids is 1. The maximum absolute atomic E-state index is 11.5. The summed E-state index contributed by atoms with van der Waals surface area (Å²) in [6.07, 6.45) is 1.87. The molecule has 0 fully saturated rings. The monoisotopic (exact) mass is 217 g/mol. The van der Waals surface area contributed by atoms with Crippen molar-refractivity contribution in [1.29, 1.82) is 0 Å². The zero-order chi connectivity index (χ0) is 11.9. The zero-order valence-electron chi connectivity index (χ0n) is 10.00. The smallest absolute Gasteiger partial charge is 0.161 e. The Morgan fingerprint density at radius 2 is 2.06 bits per heavy atom. The Kier molecular flexibility index (Phi) is 2.46. The summed E-state index contributed by atoms with van der Waals surface area (Å²) in [6, 6.07) is 3.89. The second kappa shape index (κ2) is 3.67. The van der Waals surface area contributed by atoms with Crippen molar-refractivity contribution < 1.29 is 9.53 Å². The summed E-state index contributed by atoms with van der Waals surface area (Å²) in [6.45, 7) is 3.61. The van der Waals surface area contributed by atoms with Crippen LogP contribution in [0.25, 0.3) is 10.9 Å². The summed E-state index contributed by atoms with van der Waals surface area (Å²) in [5, 5.41) is 0.965. The van der Waals surface area contributed by atoms with Gasteiger partial charge in [-0.05, 0) is 31.5 Å². The van der Waals surface area contributed by atoms with Crippen molar-refractivity contribution >= 4 is 16.7 Å². The third-order valence-electron chi connectivity index (χ3n) is 2.85. The van der Waals surface area contributed by atoms with Gasteiger partial charge in [-0.3, -0.25) is 4.79 Å². The van der Waals surface area contributed by atoms with Crippen molar-refractivity contribution in [2.45, 2.75) is 13.8 Å². The molecule has 3 heteroatoms. The molecule has 0 amide bonds. The van der Waals surface area contributed by atoms with Crippen LogP contribution in [0.5, 0.6) is 5.75 Å². The lowest BCUT2D eigenvalue weighted by Crippen LogP contribution is -1.90. The van der Waals surface area contributed by atoms with Gasteiger partial charge in [-0.25, -0.2) is 0 Å². The lowest BCUT2D eigenvalue weighted by molar-refractivity contribution is 0.101. The summed E-state index contributed by atoms with van der Waals surface area (Å²) >= 11 is 0. The van der Waals surface area contributed by atoms with Crippen LogP contribution in [0.3, 0.4) is 0 Å². The van der Waals surface area contributed by atoms with Gasteiger partial charge in [0, 0.05) is 24.2 Å². The lowest BCUT2D eigenvalue weighted by Gasteiger charge is -2.05. The summed E-state index contributed by atoms with van der Waals surface area (Å²) < 4.78 is 7.21. The van der Waals surface area contributed by atoms with E-state index >= 15 is 0 Å². The number of hydrogen-bond acceptors (Lipinski definition) is 2. The van der Waals surface area contributed by atoms with E-state index in [1.54, 1.807) is 14.0 Å². The second-order valence-electron chi connectivity index (χ2n) is 4.05. The fraction of sp³-hybridized carbons (Fsp3) is 0.308. The quantitative estimate of drug-likeness (QED) is 0.724. The van der Waals surface area contributed by atoms with E-state index in [1.165, 1.54) is 0 Å². The second-order valence-corrected chi connectivity index (χ2v) is 4.05. The molecule has 0 atom stereocenters. The fourth-order valence-corrected chi connectivity index (χ4v) is 2.15. The minimum atomic E-state index is 0.0817. The third kappa shape index (κ3) is 1.48. The van der Waals surface area contributed by atoms with Crippen LogP contribution in [0.2, 0.25) is 0 Å². The Balaban J connectivity index is 2.86. The molecule has 0 unspecified atom stereocenters. The third-order valence-corrected chi connectivity index (χ3v) is 2.85. The Labute approximate surface area is 94.6 Å². The molecule has 0 saturated heterocycles. The normalized spacial score (nSPS) is 10.8. The van der Waals surface area contributed by atoms with Gasteiger partial charge in [0.15, 0.2) is 5.78 Å². The number of ketones is 1. The highest BCUT2D eigenvalue weighted by Crippen LogP contribution is 2.28. The highest BCUT2D eigenvalue weighted by molar-refractivity contribution is 6.08. The molecule has 1 heterocycles. The molecule has 0 bridgehead atoms. The SMILES string of the molecule is COc1cc(C)c2c(c1)c(C(C)=O)cn2C. The van der Waals surface area contributed by atoms with Crippen LogP contribution in [0.1, 0.15) is 22.8 Å². The molecule has 0 spiro atoms. The molecule has 84 valence electrons. The number of fused-ring (bicyclic) bond motifs is 1. The Hall–Kier alpha value is -1.77. The van der Waals surface area contributed by atoms with E-state index < -0.39 is 0 Å². The van der Waals surface area contributed by atoms with E-state index in [1.807, 2.05) is 36.9 Å². The Morgan fingerprint density at radius 3 is 2.62 bits per heavy atom. The molecule has 0 saturated carbocycles. The van der Waals surface area contributed by atoms with E-state index in [-0.39, 0.29) is 5.78 Å². The van der Waals surface area contributed by atoms with Crippen LogP contribution in [0, 0.1) is 6.92 Å². The Bertz CT molecular complexity index is 567. The number of Topliss-reactive ketones (excluding diaryl/α,β-unsaturated/α-hetero) is 1. The number of benzene rings is 1. The van der Waals surface area contributed by atoms with Gasteiger partial charge < -0.3 is 9.30 Å². The van der Waals surface area contributed by atoms with E-state index in [2.05, 4.69) is 0 Å². The van der Waals surface area contributed by atoms with Crippen molar-refractivity contribution in [3.8, 4) is 5.75 Å². The van der Waals surface area contributed by atoms with Crippen LogP contribution in [-0.2, 0) is 7.05 Å². The van der Waals surface area contributed by atoms with E-state index in [0.717, 1.165) is 27.8 Å².